The van der Waals surface area contributed by atoms with Crippen LogP contribution in [0.2, 0.25) is 0 Å². The summed E-state index contributed by atoms with van der Waals surface area (Å²) >= 11 is 0. The summed E-state index contributed by atoms with van der Waals surface area (Å²) in [6.07, 6.45) is 6.22. The third-order valence-electron chi connectivity index (χ3n) is 3.50. The summed E-state index contributed by atoms with van der Waals surface area (Å²) < 4.78 is 5.55. The number of carbonyl (C=O) groups excluding carboxylic acids is 1. The molecule has 0 amide bonds. The molecule has 1 saturated heterocycles. The molecule has 1 aromatic carbocycles. The van der Waals surface area contributed by atoms with E-state index in [1.54, 1.807) is 0 Å². The van der Waals surface area contributed by atoms with Gasteiger partial charge in [-0.2, -0.15) is 0 Å². The van der Waals surface area contributed by atoms with Gasteiger partial charge >= 0.3 is 0 Å². The molecule has 0 spiro atoms. The topological polar surface area (TPSA) is 26.3 Å². The second-order valence-corrected chi connectivity index (χ2v) is 5.05. The Kier molecular flexibility index (Phi) is 4.94. The smallest absolute Gasteiger partial charge is 0.162 e. The van der Waals surface area contributed by atoms with Crippen LogP contribution in [-0.2, 0) is 11.2 Å². The lowest BCUT2D eigenvalue weighted by Crippen LogP contribution is -2.09. The van der Waals surface area contributed by atoms with Gasteiger partial charge in [-0.3, -0.25) is 4.79 Å². The van der Waals surface area contributed by atoms with Crippen LogP contribution in [0.25, 0.3) is 0 Å². The second-order valence-electron chi connectivity index (χ2n) is 5.05. The molecule has 0 radical (unpaired) electrons. The standard InChI is InChI=1S/C16H22O2/c1-2-5-13-6-3-7-14(12-13)16(17)10-9-15-8-4-11-18-15/h3,6-7,12,15H,2,4-5,8-11H2,1H3. The average Bonchev–Trinajstić information content (AvgIpc) is 2.90. The van der Waals surface area contributed by atoms with E-state index in [1.165, 1.54) is 5.56 Å². The van der Waals surface area contributed by atoms with Gasteiger partial charge in [0.05, 0.1) is 6.10 Å². The highest BCUT2D eigenvalue weighted by Gasteiger charge is 2.17. The molecule has 0 bridgehead atoms. The van der Waals surface area contributed by atoms with E-state index in [0.29, 0.717) is 12.5 Å². The van der Waals surface area contributed by atoms with Crippen LogP contribution >= 0.6 is 0 Å². The van der Waals surface area contributed by atoms with Crippen molar-refractivity contribution in [3.63, 3.8) is 0 Å². The third kappa shape index (κ3) is 3.67. The van der Waals surface area contributed by atoms with Crippen LogP contribution in [0.1, 0.15) is 54.9 Å². The van der Waals surface area contributed by atoms with Crippen LogP contribution in [0.15, 0.2) is 24.3 Å². The first-order valence-corrected chi connectivity index (χ1v) is 7.03. The average molecular weight is 246 g/mol. The van der Waals surface area contributed by atoms with Crippen LogP contribution in [0, 0.1) is 0 Å². The molecule has 98 valence electrons. The van der Waals surface area contributed by atoms with Gasteiger partial charge in [-0.1, -0.05) is 31.5 Å². The van der Waals surface area contributed by atoms with Crippen LogP contribution in [0.5, 0.6) is 0 Å². The molecule has 0 saturated carbocycles. The van der Waals surface area contributed by atoms with Gasteiger partial charge < -0.3 is 4.74 Å². The maximum atomic E-state index is 12.1. The van der Waals surface area contributed by atoms with E-state index in [0.717, 1.165) is 44.3 Å². The van der Waals surface area contributed by atoms with Crippen molar-refractivity contribution < 1.29 is 9.53 Å². The van der Waals surface area contributed by atoms with Gasteiger partial charge in [-0.25, -0.2) is 0 Å². The molecule has 0 N–H and O–H groups in total. The van der Waals surface area contributed by atoms with E-state index in [-0.39, 0.29) is 5.78 Å². The van der Waals surface area contributed by atoms with E-state index in [2.05, 4.69) is 13.0 Å². The lowest BCUT2D eigenvalue weighted by molar-refractivity contribution is 0.0859. The Morgan fingerprint density at radius 1 is 1.44 bits per heavy atom. The Balaban J connectivity index is 1.89. The number of ether oxygens (including phenoxy) is 1. The third-order valence-corrected chi connectivity index (χ3v) is 3.50. The van der Waals surface area contributed by atoms with Crippen molar-refractivity contribution >= 4 is 5.78 Å². The fourth-order valence-corrected chi connectivity index (χ4v) is 2.50. The van der Waals surface area contributed by atoms with Gasteiger partial charge in [0, 0.05) is 18.6 Å². The molecule has 1 atom stereocenters. The van der Waals surface area contributed by atoms with Crippen LogP contribution in [0.3, 0.4) is 0 Å². The molecule has 1 unspecified atom stereocenters. The van der Waals surface area contributed by atoms with Crippen LogP contribution in [-0.4, -0.2) is 18.5 Å². The molecule has 1 aliphatic rings. The Bertz CT molecular complexity index is 392. The highest BCUT2D eigenvalue weighted by atomic mass is 16.5. The van der Waals surface area contributed by atoms with Gasteiger partial charge in [-0.05, 0) is 37.3 Å². The molecule has 0 aliphatic carbocycles. The molecule has 2 rings (SSSR count). The summed E-state index contributed by atoms with van der Waals surface area (Å²) in [6.45, 7) is 3.02. The molecule has 0 aromatic heterocycles. The minimum atomic E-state index is 0.253. The largest absolute Gasteiger partial charge is 0.378 e. The molecular weight excluding hydrogens is 224 g/mol. The zero-order valence-corrected chi connectivity index (χ0v) is 11.2. The van der Waals surface area contributed by atoms with Crippen molar-refractivity contribution in [3.05, 3.63) is 35.4 Å². The van der Waals surface area contributed by atoms with Gasteiger partial charge in [-0.15, -0.1) is 0 Å². The van der Waals surface area contributed by atoms with Crippen molar-refractivity contribution in [1.29, 1.82) is 0 Å². The number of carbonyl (C=O) groups is 1. The van der Waals surface area contributed by atoms with Crippen molar-refractivity contribution in [2.24, 2.45) is 0 Å². The molecule has 1 heterocycles. The van der Waals surface area contributed by atoms with Gasteiger partial charge in [0.1, 0.15) is 0 Å². The van der Waals surface area contributed by atoms with Crippen molar-refractivity contribution in [1.82, 2.24) is 0 Å². The normalized spacial score (nSPS) is 19.1. The number of rotatable bonds is 6. The van der Waals surface area contributed by atoms with E-state index >= 15 is 0 Å². The van der Waals surface area contributed by atoms with Crippen molar-refractivity contribution in [2.75, 3.05) is 6.61 Å². The molecule has 18 heavy (non-hydrogen) atoms. The summed E-state index contributed by atoms with van der Waals surface area (Å²) in [4.78, 5) is 12.1. The van der Waals surface area contributed by atoms with E-state index < -0.39 is 0 Å². The zero-order valence-electron chi connectivity index (χ0n) is 11.2. The maximum absolute atomic E-state index is 12.1. The van der Waals surface area contributed by atoms with Crippen molar-refractivity contribution in [2.45, 2.75) is 51.6 Å². The highest BCUT2D eigenvalue weighted by molar-refractivity contribution is 5.96. The molecule has 1 aromatic rings. The monoisotopic (exact) mass is 246 g/mol. The molecule has 2 heteroatoms. The predicted molar refractivity (Wildman–Crippen MR) is 73.0 cm³/mol. The van der Waals surface area contributed by atoms with Crippen molar-refractivity contribution in [3.8, 4) is 0 Å². The SMILES string of the molecule is CCCc1cccc(C(=O)CCC2CCCO2)c1. The summed E-state index contributed by atoms with van der Waals surface area (Å²) in [5.41, 5.74) is 2.12. The quantitative estimate of drug-likeness (QED) is 0.714. The molecular formula is C16H22O2. The summed E-state index contributed by atoms with van der Waals surface area (Å²) in [5.74, 6) is 0.253. The lowest BCUT2D eigenvalue weighted by Gasteiger charge is -2.08. The first-order chi connectivity index (χ1) is 8.79. The summed E-state index contributed by atoms with van der Waals surface area (Å²) in [6, 6.07) is 8.06. The van der Waals surface area contributed by atoms with Gasteiger partial charge in [0.25, 0.3) is 0 Å². The Labute approximate surface area is 109 Å². The first-order valence-electron chi connectivity index (χ1n) is 7.03. The van der Waals surface area contributed by atoms with Gasteiger partial charge in [0.15, 0.2) is 5.78 Å². The van der Waals surface area contributed by atoms with E-state index in [1.807, 2.05) is 18.2 Å². The maximum Gasteiger partial charge on any atom is 0.162 e. The fraction of sp³-hybridized carbons (Fsp3) is 0.562. The fourth-order valence-electron chi connectivity index (χ4n) is 2.50. The predicted octanol–water partition coefficient (Wildman–Crippen LogP) is 3.78. The number of Topliss-reactive ketones (excluding diaryl/α,β-unsaturated/α-hetero) is 1. The van der Waals surface area contributed by atoms with Crippen LogP contribution < -0.4 is 0 Å². The molecule has 1 fully saturated rings. The Hall–Kier alpha value is -1.15. The van der Waals surface area contributed by atoms with Crippen LogP contribution in [0.4, 0.5) is 0 Å². The number of benzene rings is 1. The number of ketones is 1. The lowest BCUT2D eigenvalue weighted by atomic mass is 10.00. The number of hydrogen-bond donors (Lipinski definition) is 0. The van der Waals surface area contributed by atoms with E-state index in [9.17, 15) is 4.79 Å². The minimum Gasteiger partial charge on any atom is -0.378 e. The molecule has 1 aliphatic heterocycles. The zero-order chi connectivity index (χ0) is 12.8. The highest BCUT2D eigenvalue weighted by Crippen LogP contribution is 2.18. The molecule has 2 nitrogen and oxygen atoms in total. The Morgan fingerprint density at radius 2 is 2.33 bits per heavy atom. The Morgan fingerprint density at radius 3 is 3.06 bits per heavy atom. The summed E-state index contributed by atoms with van der Waals surface area (Å²) in [5, 5.41) is 0. The number of aryl methyl sites for hydroxylation is 1. The summed E-state index contributed by atoms with van der Waals surface area (Å²) in [7, 11) is 0. The number of hydrogen-bond acceptors (Lipinski definition) is 2. The first kappa shape index (κ1) is 13.3. The van der Waals surface area contributed by atoms with Gasteiger partial charge in [0.2, 0.25) is 0 Å². The minimum absolute atomic E-state index is 0.253. The van der Waals surface area contributed by atoms with E-state index in [4.69, 9.17) is 4.74 Å². The second kappa shape index (κ2) is 6.69.